The van der Waals surface area contributed by atoms with E-state index < -0.39 is 0 Å². The lowest BCUT2D eigenvalue weighted by molar-refractivity contribution is -0.130. The van der Waals surface area contributed by atoms with E-state index in [0.29, 0.717) is 25.9 Å². The fourth-order valence-electron chi connectivity index (χ4n) is 2.70. The lowest BCUT2D eigenvalue weighted by Gasteiger charge is -2.30. The topological polar surface area (TPSA) is 52.7 Å². The van der Waals surface area contributed by atoms with Crippen molar-refractivity contribution in [1.29, 1.82) is 0 Å². The van der Waals surface area contributed by atoms with Crippen LogP contribution in [-0.4, -0.2) is 43.9 Å². The minimum absolute atomic E-state index is 0.0278. The number of rotatable bonds is 4. The van der Waals surface area contributed by atoms with Crippen LogP contribution in [0.2, 0.25) is 0 Å². The van der Waals surface area contributed by atoms with Crippen molar-refractivity contribution in [3.8, 4) is 0 Å². The number of hydrogen-bond acceptors (Lipinski definition) is 3. The fourth-order valence-corrected chi connectivity index (χ4v) is 2.70. The molecule has 0 radical (unpaired) electrons. The van der Waals surface area contributed by atoms with E-state index in [1.165, 1.54) is 6.08 Å². The summed E-state index contributed by atoms with van der Waals surface area (Å²) in [6.45, 7) is 4.72. The largest absolute Gasteiger partial charge is 0.376 e. The van der Waals surface area contributed by atoms with E-state index in [1.54, 1.807) is 4.90 Å². The standard InChI is InChI=1S/C17H23N3O2/c1-4-16(21)20-11-9-13(10-12-20)17(22)18-14-7-5-6-8-15(14)19(2)3/h4-8,13H,1,9-12H2,2-3H3,(H,18,22). The van der Waals surface area contributed by atoms with Crippen molar-refractivity contribution in [3.63, 3.8) is 0 Å². The number of amides is 2. The van der Waals surface area contributed by atoms with E-state index in [4.69, 9.17) is 0 Å². The number of nitrogens with one attached hydrogen (secondary N) is 1. The Morgan fingerprint density at radius 3 is 2.50 bits per heavy atom. The van der Waals surface area contributed by atoms with E-state index in [-0.39, 0.29) is 17.7 Å². The maximum atomic E-state index is 12.4. The molecule has 1 aliphatic rings. The number of carbonyl (C=O) groups is 2. The van der Waals surface area contributed by atoms with Crippen molar-refractivity contribution >= 4 is 23.2 Å². The lowest BCUT2D eigenvalue weighted by atomic mass is 9.95. The van der Waals surface area contributed by atoms with Gasteiger partial charge in [-0.15, -0.1) is 0 Å². The highest BCUT2D eigenvalue weighted by Crippen LogP contribution is 2.26. The van der Waals surface area contributed by atoms with Gasteiger partial charge in [0.05, 0.1) is 11.4 Å². The zero-order valence-electron chi connectivity index (χ0n) is 13.2. The molecule has 1 N–H and O–H groups in total. The zero-order chi connectivity index (χ0) is 16.1. The van der Waals surface area contributed by atoms with E-state index >= 15 is 0 Å². The van der Waals surface area contributed by atoms with Gasteiger partial charge in [-0.3, -0.25) is 9.59 Å². The summed E-state index contributed by atoms with van der Waals surface area (Å²) < 4.78 is 0. The molecule has 22 heavy (non-hydrogen) atoms. The van der Waals surface area contributed by atoms with Crippen LogP contribution in [0.15, 0.2) is 36.9 Å². The van der Waals surface area contributed by atoms with Crippen LogP contribution in [0, 0.1) is 5.92 Å². The molecule has 2 rings (SSSR count). The average molecular weight is 301 g/mol. The fraction of sp³-hybridized carbons (Fsp3) is 0.412. The third-order valence-electron chi connectivity index (χ3n) is 4.00. The minimum atomic E-state index is -0.0585. The van der Waals surface area contributed by atoms with Crippen LogP contribution in [0.4, 0.5) is 11.4 Å². The highest BCUT2D eigenvalue weighted by Gasteiger charge is 2.26. The van der Waals surface area contributed by atoms with Gasteiger partial charge in [-0.05, 0) is 31.1 Å². The molecule has 1 aromatic carbocycles. The molecule has 118 valence electrons. The van der Waals surface area contributed by atoms with Crippen LogP contribution in [0.1, 0.15) is 12.8 Å². The van der Waals surface area contributed by atoms with Gasteiger partial charge in [0.15, 0.2) is 0 Å². The van der Waals surface area contributed by atoms with Crippen LogP contribution in [-0.2, 0) is 9.59 Å². The molecule has 1 saturated heterocycles. The molecular weight excluding hydrogens is 278 g/mol. The van der Waals surface area contributed by atoms with E-state index in [0.717, 1.165) is 11.4 Å². The smallest absolute Gasteiger partial charge is 0.245 e. The molecule has 0 atom stereocenters. The van der Waals surface area contributed by atoms with Gasteiger partial charge < -0.3 is 15.1 Å². The number of para-hydroxylation sites is 2. The highest BCUT2D eigenvalue weighted by molar-refractivity contribution is 5.96. The Labute approximate surface area is 131 Å². The quantitative estimate of drug-likeness (QED) is 0.867. The average Bonchev–Trinajstić information content (AvgIpc) is 2.54. The molecule has 5 heteroatoms. The summed E-state index contributed by atoms with van der Waals surface area (Å²) >= 11 is 0. The molecule has 1 aromatic rings. The lowest BCUT2D eigenvalue weighted by Crippen LogP contribution is -2.40. The van der Waals surface area contributed by atoms with Gasteiger partial charge in [-0.2, -0.15) is 0 Å². The van der Waals surface area contributed by atoms with Crippen LogP contribution >= 0.6 is 0 Å². The van der Waals surface area contributed by atoms with Crippen LogP contribution < -0.4 is 10.2 Å². The summed E-state index contributed by atoms with van der Waals surface area (Å²) in [6, 6.07) is 7.74. The van der Waals surface area contributed by atoms with Crippen molar-refractivity contribution in [2.24, 2.45) is 5.92 Å². The number of benzene rings is 1. The van der Waals surface area contributed by atoms with Gasteiger partial charge in [-0.1, -0.05) is 18.7 Å². The molecule has 0 bridgehead atoms. The third kappa shape index (κ3) is 3.67. The van der Waals surface area contributed by atoms with Crippen molar-refractivity contribution in [2.45, 2.75) is 12.8 Å². The van der Waals surface area contributed by atoms with Crippen LogP contribution in [0.5, 0.6) is 0 Å². The molecule has 0 saturated carbocycles. The Morgan fingerprint density at radius 2 is 1.91 bits per heavy atom. The van der Waals surface area contributed by atoms with Crippen molar-refractivity contribution < 1.29 is 9.59 Å². The predicted molar refractivity (Wildman–Crippen MR) is 88.9 cm³/mol. The normalized spacial score (nSPS) is 15.3. The van der Waals surface area contributed by atoms with E-state index in [1.807, 2.05) is 43.3 Å². The predicted octanol–water partition coefficient (Wildman–Crippen LogP) is 2.12. The maximum absolute atomic E-state index is 12.4. The number of carbonyl (C=O) groups excluding carboxylic acids is 2. The second kappa shape index (κ2) is 7.11. The number of hydrogen-bond donors (Lipinski definition) is 1. The monoisotopic (exact) mass is 301 g/mol. The molecule has 0 aromatic heterocycles. The first kappa shape index (κ1) is 16.1. The summed E-state index contributed by atoms with van der Waals surface area (Å²) in [4.78, 5) is 27.7. The molecule has 5 nitrogen and oxygen atoms in total. The zero-order valence-corrected chi connectivity index (χ0v) is 13.2. The summed E-state index contributed by atoms with van der Waals surface area (Å²) in [5, 5.41) is 3.02. The van der Waals surface area contributed by atoms with E-state index in [9.17, 15) is 9.59 Å². The Morgan fingerprint density at radius 1 is 1.27 bits per heavy atom. The van der Waals surface area contributed by atoms with Gasteiger partial charge in [0.25, 0.3) is 0 Å². The van der Waals surface area contributed by atoms with Gasteiger partial charge in [-0.25, -0.2) is 0 Å². The van der Waals surface area contributed by atoms with Crippen molar-refractivity contribution in [1.82, 2.24) is 4.90 Å². The molecule has 1 fully saturated rings. The van der Waals surface area contributed by atoms with Gasteiger partial charge in [0.2, 0.25) is 11.8 Å². The van der Waals surface area contributed by atoms with Gasteiger partial charge >= 0.3 is 0 Å². The van der Waals surface area contributed by atoms with Gasteiger partial charge in [0.1, 0.15) is 0 Å². The summed E-state index contributed by atoms with van der Waals surface area (Å²) in [5.41, 5.74) is 1.80. The van der Waals surface area contributed by atoms with E-state index in [2.05, 4.69) is 11.9 Å². The number of anilines is 2. The Kier molecular flexibility index (Phi) is 5.20. The molecule has 0 unspecified atom stereocenters. The Balaban J connectivity index is 1.97. The second-order valence-corrected chi connectivity index (χ2v) is 5.70. The third-order valence-corrected chi connectivity index (χ3v) is 4.00. The Hall–Kier alpha value is -2.30. The molecule has 0 spiro atoms. The van der Waals surface area contributed by atoms with Crippen LogP contribution in [0.25, 0.3) is 0 Å². The summed E-state index contributed by atoms with van der Waals surface area (Å²) in [7, 11) is 3.90. The summed E-state index contributed by atoms with van der Waals surface area (Å²) in [6.07, 6.45) is 2.71. The molecule has 1 aliphatic heterocycles. The van der Waals surface area contributed by atoms with Crippen LogP contribution in [0.3, 0.4) is 0 Å². The molecule has 1 heterocycles. The molecule has 2 amide bonds. The number of nitrogens with zero attached hydrogens (tertiary/aromatic N) is 2. The summed E-state index contributed by atoms with van der Waals surface area (Å²) in [5.74, 6) is -0.0825. The first-order chi connectivity index (χ1) is 10.5. The SMILES string of the molecule is C=CC(=O)N1CCC(C(=O)Nc2ccccc2N(C)C)CC1. The maximum Gasteiger partial charge on any atom is 0.245 e. The number of likely N-dealkylation sites (tertiary alicyclic amines) is 1. The first-order valence-electron chi connectivity index (χ1n) is 7.51. The Bertz CT molecular complexity index is 561. The molecular formula is C17H23N3O2. The highest BCUT2D eigenvalue weighted by atomic mass is 16.2. The number of piperidine rings is 1. The van der Waals surface area contributed by atoms with Crippen molar-refractivity contribution in [3.05, 3.63) is 36.9 Å². The first-order valence-corrected chi connectivity index (χ1v) is 7.51. The van der Waals surface area contributed by atoms with Gasteiger partial charge in [0, 0.05) is 33.1 Å². The minimum Gasteiger partial charge on any atom is -0.376 e. The molecule has 0 aliphatic carbocycles. The van der Waals surface area contributed by atoms with Crippen molar-refractivity contribution in [2.75, 3.05) is 37.4 Å². The second-order valence-electron chi connectivity index (χ2n) is 5.70.